The molecule has 0 radical (unpaired) electrons. The summed E-state index contributed by atoms with van der Waals surface area (Å²) in [6, 6.07) is -0.458. The maximum absolute atomic E-state index is 12.1. The molecular weight excluding hydrogens is 290 g/mol. The van der Waals surface area contributed by atoms with Crippen molar-refractivity contribution >= 4 is 27.6 Å². The van der Waals surface area contributed by atoms with Gasteiger partial charge in [-0.2, -0.15) is 4.98 Å². The number of halogens is 1. The van der Waals surface area contributed by atoms with Crippen molar-refractivity contribution in [3.8, 4) is 0 Å². The van der Waals surface area contributed by atoms with E-state index in [4.69, 9.17) is 4.52 Å². The Morgan fingerprint density at radius 1 is 1.59 bits per heavy atom. The fraction of sp³-hybridized carbons (Fsp3) is 0.600. The first-order valence-corrected chi connectivity index (χ1v) is 6.45. The van der Waals surface area contributed by atoms with Crippen molar-refractivity contribution in [1.29, 1.82) is 0 Å². The van der Waals surface area contributed by atoms with Crippen LogP contribution in [0, 0.1) is 6.92 Å². The van der Waals surface area contributed by atoms with Gasteiger partial charge in [0.2, 0.25) is 11.7 Å². The monoisotopic (exact) mass is 301 g/mol. The largest absolute Gasteiger partial charge is 0.331 e. The van der Waals surface area contributed by atoms with Crippen molar-refractivity contribution in [2.24, 2.45) is 0 Å². The molecule has 1 aromatic heterocycles. The van der Waals surface area contributed by atoms with E-state index in [-0.39, 0.29) is 22.9 Å². The third kappa shape index (κ3) is 2.38. The summed E-state index contributed by atoms with van der Waals surface area (Å²) in [5, 5.41) is 3.80. The van der Waals surface area contributed by atoms with E-state index in [0.717, 1.165) is 6.42 Å². The number of aromatic nitrogens is 2. The Balaban J connectivity index is 2.16. The second-order valence-corrected chi connectivity index (χ2v) is 4.45. The molecule has 0 unspecified atom stereocenters. The van der Waals surface area contributed by atoms with E-state index in [9.17, 15) is 9.59 Å². The first kappa shape index (κ1) is 12.2. The maximum atomic E-state index is 12.1. The third-order valence-electron chi connectivity index (χ3n) is 2.73. The molecule has 1 atom stereocenters. The van der Waals surface area contributed by atoms with Crippen LogP contribution in [0.5, 0.6) is 0 Å². The number of carbonyl (C=O) groups excluding carboxylic acids is 2. The number of rotatable bonds is 3. The van der Waals surface area contributed by atoms with Gasteiger partial charge >= 0.3 is 0 Å². The highest BCUT2D eigenvalue weighted by molar-refractivity contribution is 9.09. The van der Waals surface area contributed by atoms with Crippen molar-refractivity contribution in [3.63, 3.8) is 0 Å². The van der Waals surface area contributed by atoms with E-state index >= 15 is 0 Å². The summed E-state index contributed by atoms with van der Waals surface area (Å²) in [5.74, 6) is 0.0565. The molecule has 1 fully saturated rings. The van der Waals surface area contributed by atoms with Crippen molar-refractivity contribution in [3.05, 3.63) is 11.7 Å². The summed E-state index contributed by atoms with van der Waals surface area (Å²) in [6.07, 6.45) is 1.47. The molecule has 0 aliphatic carbocycles. The molecule has 0 aromatic carbocycles. The Bertz CT molecular complexity index is 446. The van der Waals surface area contributed by atoms with Gasteiger partial charge in [0.1, 0.15) is 6.04 Å². The van der Waals surface area contributed by atoms with Crippen molar-refractivity contribution in [2.45, 2.75) is 25.8 Å². The lowest BCUT2D eigenvalue weighted by Crippen LogP contribution is -2.41. The zero-order valence-corrected chi connectivity index (χ0v) is 10.9. The quantitative estimate of drug-likeness (QED) is 0.613. The number of carbonyl (C=O) groups is 2. The Labute approximate surface area is 106 Å². The molecule has 0 saturated carbocycles. The van der Waals surface area contributed by atoms with Gasteiger partial charge in [0, 0.05) is 6.54 Å². The number of hydrogen-bond donors (Lipinski definition) is 0. The number of aryl methyl sites for hydroxylation is 1. The summed E-state index contributed by atoms with van der Waals surface area (Å²) in [7, 11) is 0. The fourth-order valence-electron chi connectivity index (χ4n) is 1.95. The van der Waals surface area contributed by atoms with Gasteiger partial charge in [-0.25, -0.2) is 0 Å². The number of amides is 1. The third-order valence-corrected chi connectivity index (χ3v) is 3.21. The first-order chi connectivity index (χ1) is 8.13. The number of Topliss-reactive ketones (excluding diaryl/α,β-unsaturated/α-hetero) is 1. The Kier molecular flexibility index (Phi) is 3.56. The second kappa shape index (κ2) is 4.95. The highest BCUT2D eigenvalue weighted by Crippen LogP contribution is 2.21. The van der Waals surface area contributed by atoms with Crippen LogP contribution in [0.15, 0.2) is 4.52 Å². The van der Waals surface area contributed by atoms with Gasteiger partial charge in [-0.05, 0) is 19.8 Å². The van der Waals surface area contributed by atoms with Crippen LogP contribution in [0.3, 0.4) is 0 Å². The standard InChI is InChI=1S/C10H12BrN3O3/c1-6-12-10(17-13-6)9(16)7-3-2-4-14(7)8(15)5-11/h7H,2-5H2,1H3/t7-/m0/s1. The SMILES string of the molecule is Cc1noc(C(=O)[C@@H]2CCCN2C(=O)CBr)n1. The molecule has 1 aliphatic heterocycles. The highest BCUT2D eigenvalue weighted by Gasteiger charge is 2.36. The minimum Gasteiger partial charge on any atom is -0.331 e. The lowest BCUT2D eigenvalue weighted by molar-refractivity contribution is -0.128. The van der Waals surface area contributed by atoms with Crippen molar-refractivity contribution in [1.82, 2.24) is 15.0 Å². The van der Waals surface area contributed by atoms with E-state index in [1.54, 1.807) is 11.8 Å². The number of hydrogen-bond acceptors (Lipinski definition) is 5. The molecule has 1 amide bonds. The fourth-order valence-corrected chi connectivity index (χ4v) is 2.28. The molecule has 1 saturated heterocycles. The predicted molar refractivity (Wildman–Crippen MR) is 61.9 cm³/mol. The molecule has 0 spiro atoms. The molecule has 6 nitrogen and oxygen atoms in total. The molecule has 2 rings (SSSR count). The van der Waals surface area contributed by atoms with Gasteiger partial charge in [0.15, 0.2) is 5.82 Å². The van der Waals surface area contributed by atoms with E-state index in [2.05, 4.69) is 26.1 Å². The van der Waals surface area contributed by atoms with Crippen LogP contribution in [0.4, 0.5) is 0 Å². The summed E-state index contributed by atoms with van der Waals surface area (Å²) in [6.45, 7) is 2.25. The lowest BCUT2D eigenvalue weighted by atomic mass is 10.1. The van der Waals surface area contributed by atoms with E-state index in [1.165, 1.54) is 0 Å². The van der Waals surface area contributed by atoms with Gasteiger partial charge in [0.25, 0.3) is 5.89 Å². The summed E-state index contributed by atoms with van der Waals surface area (Å²) >= 11 is 3.11. The van der Waals surface area contributed by atoms with E-state index < -0.39 is 6.04 Å². The number of nitrogens with zero attached hydrogens (tertiary/aromatic N) is 3. The van der Waals surface area contributed by atoms with Crippen molar-refractivity contribution < 1.29 is 14.1 Å². The van der Waals surface area contributed by atoms with Crippen LogP contribution < -0.4 is 0 Å². The second-order valence-electron chi connectivity index (χ2n) is 3.89. The first-order valence-electron chi connectivity index (χ1n) is 5.33. The predicted octanol–water partition coefficient (Wildman–Crippen LogP) is 0.947. The molecular formula is C10H12BrN3O3. The van der Waals surface area contributed by atoms with E-state index in [1.807, 2.05) is 0 Å². The lowest BCUT2D eigenvalue weighted by Gasteiger charge is -2.21. The van der Waals surface area contributed by atoms with Crippen LogP contribution >= 0.6 is 15.9 Å². The van der Waals surface area contributed by atoms with Crippen LogP contribution in [0.2, 0.25) is 0 Å². The zero-order valence-electron chi connectivity index (χ0n) is 9.35. The van der Waals surface area contributed by atoms with Gasteiger partial charge in [-0.1, -0.05) is 21.1 Å². The molecule has 17 heavy (non-hydrogen) atoms. The molecule has 92 valence electrons. The number of likely N-dealkylation sites (tertiary alicyclic amines) is 1. The van der Waals surface area contributed by atoms with Crippen molar-refractivity contribution in [2.75, 3.05) is 11.9 Å². The molecule has 7 heteroatoms. The molecule has 1 aromatic rings. The highest BCUT2D eigenvalue weighted by atomic mass is 79.9. The Morgan fingerprint density at radius 2 is 2.35 bits per heavy atom. The van der Waals surface area contributed by atoms with Crippen LogP contribution in [-0.2, 0) is 4.79 Å². The van der Waals surface area contributed by atoms with Crippen LogP contribution in [0.1, 0.15) is 29.4 Å². The minimum absolute atomic E-state index is 0.0122. The Hall–Kier alpha value is -1.24. The molecule has 2 heterocycles. The maximum Gasteiger partial charge on any atom is 0.296 e. The van der Waals surface area contributed by atoms with Gasteiger partial charge in [-0.15, -0.1) is 0 Å². The molecule has 1 aliphatic rings. The smallest absolute Gasteiger partial charge is 0.296 e. The average Bonchev–Trinajstić information content (AvgIpc) is 2.95. The van der Waals surface area contributed by atoms with Gasteiger partial charge < -0.3 is 9.42 Å². The topological polar surface area (TPSA) is 76.3 Å². The normalized spacial score (nSPS) is 19.6. The Morgan fingerprint density at radius 3 is 2.94 bits per heavy atom. The zero-order chi connectivity index (χ0) is 12.4. The summed E-state index contributed by atoms with van der Waals surface area (Å²) in [4.78, 5) is 29.2. The number of alkyl halides is 1. The molecule has 0 N–H and O–H groups in total. The molecule has 0 bridgehead atoms. The summed E-state index contributed by atoms with van der Waals surface area (Å²) in [5.41, 5.74) is 0. The van der Waals surface area contributed by atoms with Crippen LogP contribution in [-0.4, -0.2) is 44.6 Å². The minimum atomic E-state index is -0.458. The average molecular weight is 302 g/mol. The number of ketones is 1. The van der Waals surface area contributed by atoms with Crippen LogP contribution in [0.25, 0.3) is 0 Å². The summed E-state index contributed by atoms with van der Waals surface area (Å²) < 4.78 is 4.84. The van der Waals surface area contributed by atoms with Gasteiger partial charge in [0.05, 0.1) is 5.33 Å². The van der Waals surface area contributed by atoms with Gasteiger partial charge in [-0.3, -0.25) is 9.59 Å². The van der Waals surface area contributed by atoms with E-state index in [0.29, 0.717) is 18.8 Å².